The second-order valence-electron chi connectivity index (χ2n) is 2.57. The fraction of sp³-hybridized carbons (Fsp3) is 0.200. The monoisotopic (exact) mass is 193 g/mol. The lowest BCUT2D eigenvalue weighted by Crippen LogP contribution is -2.04. The lowest BCUT2D eigenvalue weighted by atomic mass is 10.2. The van der Waals surface area contributed by atoms with Crippen molar-refractivity contribution in [2.45, 2.75) is 6.42 Å². The van der Waals surface area contributed by atoms with E-state index < -0.39 is 0 Å². The van der Waals surface area contributed by atoms with Crippen LogP contribution in [0.2, 0.25) is 0 Å². The molecule has 0 radical (unpaired) electrons. The van der Waals surface area contributed by atoms with Gasteiger partial charge < -0.3 is 9.47 Å². The summed E-state index contributed by atoms with van der Waals surface area (Å²) in [7, 11) is 1.35. The van der Waals surface area contributed by atoms with Gasteiger partial charge in [0.15, 0.2) is 0 Å². The molecule has 1 heterocycles. The molecule has 1 rings (SSSR count). The predicted octanol–water partition coefficient (Wildman–Crippen LogP) is 1.32. The van der Waals surface area contributed by atoms with Crippen LogP contribution in [-0.2, 0) is 16.0 Å². The maximum Gasteiger partial charge on any atom is 0.310 e. The Balaban J connectivity index is 2.72. The quantitative estimate of drug-likeness (QED) is 0.534. The molecule has 14 heavy (non-hydrogen) atoms. The van der Waals surface area contributed by atoms with E-state index in [0.29, 0.717) is 5.75 Å². The average Bonchev–Trinajstić information content (AvgIpc) is 2.19. The Hall–Kier alpha value is -1.84. The Morgan fingerprint density at radius 3 is 3.07 bits per heavy atom. The number of rotatable bonds is 4. The minimum atomic E-state index is -0.303. The molecule has 0 aliphatic heterocycles. The van der Waals surface area contributed by atoms with Gasteiger partial charge in [0.1, 0.15) is 5.75 Å². The summed E-state index contributed by atoms with van der Waals surface area (Å²) in [5.41, 5.74) is 0.746. The first-order valence-corrected chi connectivity index (χ1v) is 4.04. The van der Waals surface area contributed by atoms with Crippen LogP contribution in [0.1, 0.15) is 5.56 Å². The number of nitrogens with zero attached hydrogens (tertiary/aromatic N) is 1. The third-order valence-electron chi connectivity index (χ3n) is 1.57. The number of carbonyl (C=O) groups is 1. The molecule has 0 fully saturated rings. The summed E-state index contributed by atoms with van der Waals surface area (Å²) in [4.78, 5) is 14.8. The zero-order chi connectivity index (χ0) is 10.4. The third-order valence-corrected chi connectivity index (χ3v) is 1.57. The van der Waals surface area contributed by atoms with Gasteiger partial charge in [0.2, 0.25) is 0 Å². The fourth-order valence-corrected chi connectivity index (χ4v) is 0.960. The van der Waals surface area contributed by atoms with Gasteiger partial charge >= 0.3 is 5.97 Å². The van der Waals surface area contributed by atoms with Gasteiger partial charge in [0.05, 0.1) is 26.0 Å². The summed E-state index contributed by atoms with van der Waals surface area (Å²) in [6, 6.07) is 1.71. The van der Waals surface area contributed by atoms with E-state index in [4.69, 9.17) is 4.74 Å². The molecule has 0 N–H and O–H groups in total. The number of esters is 1. The van der Waals surface area contributed by atoms with Crippen LogP contribution in [0, 0.1) is 0 Å². The molecule has 0 bridgehead atoms. The summed E-state index contributed by atoms with van der Waals surface area (Å²) in [6.07, 6.45) is 4.63. The number of hydrogen-bond acceptors (Lipinski definition) is 4. The summed E-state index contributed by atoms with van der Waals surface area (Å²) in [5.74, 6) is 0.254. The van der Waals surface area contributed by atoms with E-state index in [1.54, 1.807) is 18.5 Å². The number of carbonyl (C=O) groups excluding carboxylic acids is 1. The van der Waals surface area contributed by atoms with Gasteiger partial charge in [-0.25, -0.2) is 0 Å². The van der Waals surface area contributed by atoms with Gasteiger partial charge in [-0.1, -0.05) is 6.58 Å². The largest absolute Gasteiger partial charge is 0.469 e. The van der Waals surface area contributed by atoms with Crippen LogP contribution in [-0.4, -0.2) is 18.1 Å². The molecule has 0 unspecified atom stereocenters. The SMILES string of the molecule is C=COc1cncc(CC(=O)OC)c1. The van der Waals surface area contributed by atoms with E-state index in [1.165, 1.54) is 13.4 Å². The molecule has 0 amide bonds. The van der Waals surface area contributed by atoms with Crippen molar-refractivity contribution in [1.82, 2.24) is 4.98 Å². The van der Waals surface area contributed by atoms with Crippen molar-refractivity contribution in [2.24, 2.45) is 0 Å². The molecule has 0 saturated carbocycles. The molecule has 1 aromatic rings. The van der Waals surface area contributed by atoms with Crippen LogP contribution >= 0.6 is 0 Å². The Kier molecular flexibility index (Phi) is 3.67. The van der Waals surface area contributed by atoms with Crippen LogP contribution in [0.4, 0.5) is 0 Å². The molecule has 0 saturated heterocycles. The Labute approximate surface area is 82.2 Å². The van der Waals surface area contributed by atoms with Crippen molar-refractivity contribution in [1.29, 1.82) is 0 Å². The van der Waals surface area contributed by atoms with Gasteiger partial charge in [0.25, 0.3) is 0 Å². The van der Waals surface area contributed by atoms with Crippen LogP contribution in [0.15, 0.2) is 31.3 Å². The Morgan fingerprint density at radius 1 is 1.64 bits per heavy atom. The molecule has 74 valence electrons. The molecule has 0 atom stereocenters. The van der Waals surface area contributed by atoms with E-state index >= 15 is 0 Å². The van der Waals surface area contributed by atoms with E-state index in [0.717, 1.165) is 5.56 Å². The van der Waals surface area contributed by atoms with Gasteiger partial charge in [-0.05, 0) is 11.6 Å². The normalized spacial score (nSPS) is 9.21. The molecule has 0 aliphatic rings. The first-order chi connectivity index (χ1) is 6.76. The van der Waals surface area contributed by atoms with Crippen molar-refractivity contribution in [3.63, 3.8) is 0 Å². The summed E-state index contributed by atoms with van der Waals surface area (Å²) in [6.45, 7) is 3.42. The molecular weight excluding hydrogens is 182 g/mol. The highest BCUT2D eigenvalue weighted by Gasteiger charge is 2.03. The molecule has 4 heteroatoms. The number of pyridine rings is 1. The zero-order valence-corrected chi connectivity index (χ0v) is 7.90. The van der Waals surface area contributed by atoms with Gasteiger partial charge in [-0.2, -0.15) is 0 Å². The van der Waals surface area contributed by atoms with E-state index in [-0.39, 0.29) is 12.4 Å². The highest BCUT2D eigenvalue weighted by Crippen LogP contribution is 2.11. The lowest BCUT2D eigenvalue weighted by molar-refractivity contribution is -0.139. The second-order valence-corrected chi connectivity index (χ2v) is 2.57. The predicted molar refractivity (Wildman–Crippen MR) is 50.8 cm³/mol. The smallest absolute Gasteiger partial charge is 0.310 e. The first-order valence-electron chi connectivity index (χ1n) is 4.04. The van der Waals surface area contributed by atoms with Crippen LogP contribution < -0.4 is 4.74 Å². The molecule has 0 aliphatic carbocycles. The van der Waals surface area contributed by atoms with Crippen molar-refractivity contribution in [3.05, 3.63) is 36.9 Å². The van der Waals surface area contributed by atoms with E-state index in [9.17, 15) is 4.79 Å². The summed E-state index contributed by atoms with van der Waals surface area (Å²) >= 11 is 0. The molecule has 0 spiro atoms. The Bertz CT molecular complexity index is 336. The van der Waals surface area contributed by atoms with Crippen molar-refractivity contribution >= 4 is 5.97 Å². The van der Waals surface area contributed by atoms with Crippen LogP contribution in [0.3, 0.4) is 0 Å². The second kappa shape index (κ2) is 5.01. The number of methoxy groups -OCH3 is 1. The molecule has 0 aromatic carbocycles. The first kappa shape index (κ1) is 10.2. The minimum Gasteiger partial charge on any atom is -0.469 e. The van der Waals surface area contributed by atoms with Crippen LogP contribution in [0.25, 0.3) is 0 Å². The van der Waals surface area contributed by atoms with Gasteiger partial charge in [0, 0.05) is 6.20 Å². The topological polar surface area (TPSA) is 48.4 Å². The average molecular weight is 193 g/mol. The maximum atomic E-state index is 10.9. The van der Waals surface area contributed by atoms with Crippen molar-refractivity contribution < 1.29 is 14.3 Å². The number of hydrogen-bond donors (Lipinski definition) is 0. The number of ether oxygens (including phenoxy) is 2. The van der Waals surface area contributed by atoms with E-state index in [1.807, 2.05) is 0 Å². The maximum absolute atomic E-state index is 10.9. The van der Waals surface area contributed by atoms with Crippen molar-refractivity contribution in [3.8, 4) is 5.75 Å². The fourth-order valence-electron chi connectivity index (χ4n) is 0.960. The summed E-state index contributed by atoms with van der Waals surface area (Å²) in [5, 5.41) is 0. The Morgan fingerprint density at radius 2 is 2.43 bits per heavy atom. The standard InChI is InChI=1S/C10H11NO3/c1-3-14-9-4-8(6-11-7-9)5-10(12)13-2/h3-4,6-7H,1,5H2,2H3. The van der Waals surface area contributed by atoms with E-state index in [2.05, 4.69) is 16.3 Å². The minimum absolute atomic E-state index is 0.192. The summed E-state index contributed by atoms with van der Waals surface area (Å²) < 4.78 is 9.54. The van der Waals surface area contributed by atoms with Crippen LogP contribution in [0.5, 0.6) is 5.75 Å². The third kappa shape index (κ3) is 2.90. The zero-order valence-electron chi connectivity index (χ0n) is 7.90. The van der Waals surface area contributed by atoms with Gasteiger partial charge in [-0.3, -0.25) is 9.78 Å². The molecular formula is C10H11NO3. The highest BCUT2D eigenvalue weighted by atomic mass is 16.5. The lowest BCUT2D eigenvalue weighted by Gasteiger charge is -2.02. The van der Waals surface area contributed by atoms with Crippen molar-refractivity contribution in [2.75, 3.05) is 7.11 Å². The van der Waals surface area contributed by atoms with Gasteiger partial charge in [-0.15, -0.1) is 0 Å². The molecule has 4 nitrogen and oxygen atoms in total. The number of aromatic nitrogens is 1. The molecule has 1 aromatic heterocycles. The highest BCUT2D eigenvalue weighted by molar-refractivity contribution is 5.72.